The number of aliphatic carboxylic acids is 1. The summed E-state index contributed by atoms with van der Waals surface area (Å²) in [7, 11) is 0. The van der Waals surface area contributed by atoms with E-state index in [1.807, 2.05) is 50.2 Å². The Labute approximate surface area is 206 Å². The minimum Gasteiger partial charge on any atom is -0.494 e. The fourth-order valence-corrected chi connectivity index (χ4v) is 4.04. The number of benzene rings is 3. The third-order valence-corrected chi connectivity index (χ3v) is 6.20. The van der Waals surface area contributed by atoms with E-state index in [2.05, 4.69) is 11.4 Å². The first kappa shape index (κ1) is 26.4. The van der Waals surface area contributed by atoms with Crippen molar-refractivity contribution in [1.29, 1.82) is 0 Å². The van der Waals surface area contributed by atoms with Gasteiger partial charge in [-0.1, -0.05) is 36.4 Å². The Morgan fingerprint density at radius 2 is 1.74 bits per heavy atom. The highest BCUT2D eigenvalue weighted by Gasteiger charge is 2.19. The maximum absolute atomic E-state index is 14.6. The summed E-state index contributed by atoms with van der Waals surface area (Å²) < 4.78 is 34.0. The molecule has 0 amide bonds. The van der Waals surface area contributed by atoms with Gasteiger partial charge in [0.1, 0.15) is 17.4 Å². The molecule has 2 N–H and O–H groups in total. The SMILES string of the molecule is Cc1ccc(C(CCCCOc2ccc(CNCCC(=O)O)cc2)c2ccc(F)cc2F)cc1C. The van der Waals surface area contributed by atoms with E-state index < -0.39 is 17.6 Å². The first-order valence-corrected chi connectivity index (χ1v) is 12.0. The van der Waals surface area contributed by atoms with E-state index in [9.17, 15) is 13.6 Å². The zero-order chi connectivity index (χ0) is 25.2. The lowest BCUT2D eigenvalue weighted by Gasteiger charge is -2.20. The van der Waals surface area contributed by atoms with Crippen LogP contribution in [0.2, 0.25) is 0 Å². The molecular formula is C29H33F2NO3. The number of unbranched alkanes of at least 4 members (excludes halogenated alkanes) is 1. The van der Waals surface area contributed by atoms with Gasteiger partial charge in [-0.15, -0.1) is 0 Å². The smallest absolute Gasteiger partial charge is 0.304 e. The van der Waals surface area contributed by atoms with Crippen molar-refractivity contribution in [3.05, 3.63) is 100 Å². The van der Waals surface area contributed by atoms with Crippen molar-refractivity contribution in [2.24, 2.45) is 0 Å². The minimum atomic E-state index is -0.815. The lowest BCUT2D eigenvalue weighted by atomic mass is 9.85. The molecule has 0 aromatic heterocycles. The second-order valence-electron chi connectivity index (χ2n) is 8.87. The molecule has 0 spiro atoms. The van der Waals surface area contributed by atoms with Crippen LogP contribution >= 0.6 is 0 Å². The largest absolute Gasteiger partial charge is 0.494 e. The summed E-state index contributed by atoms with van der Waals surface area (Å²) in [5.41, 5.74) is 4.94. The first-order chi connectivity index (χ1) is 16.8. The van der Waals surface area contributed by atoms with Gasteiger partial charge in [-0.25, -0.2) is 8.78 Å². The van der Waals surface area contributed by atoms with Crippen LogP contribution in [0.1, 0.15) is 59.4 Å². The molecule has 0 saturated heterocycles. The number of nitrogens with one attached hydrogen (secondary N) is 1. The summed E-state index contributed by atoms with van der Waals surface area (Å²) in [4.78, 5) is 10.5. The van der Waals surface area contributed by atoms with Crippen molar-refractivity contribution < 1.29 is 23.4 Å². The molecule has 35 heavy (non-hydrogen) atoms. The Morgan fingerprint density at radius 3 is 2.43 bits per heavy atom. The second kappa shape index (κ2) is 13.0. The van der Waals surface area contributed by atoms with Crippen LogP contribution in [0.15, 0.2) is 60.7 Å². The number of carboxylic acid groups (broad SMARTS) is 1. The van der Waals surface area contributed by atoms with Gasteiger partial charge in [-0.3, -0.25) is 4.79 Å². The predicted octanol–water partition coefficient (Wildman–Crippen LogP) is 6.53. The van der Waals surface area contributed by atoms with Crippen molar-refractivity contribution in [3.63, 3.8) is 0 Å². The fraction of sp³-hybridized carbons (Fsp3) is 0.345. The van der Waals surface area contributed by atoms with E-state index in [0.717, 1.165) is 47.8 Å². The van der Waals surface area contributed by atoms with Crippen LogP contribution in [0.5, 0.6) is 5.75 Å². The van der Waals surface area contributed by atoms with Crippen molar-refractivity contribution in [2.75, 3.05) is 13.2 Å². The van der Waals surface area contributed by atoms with Crippen LogP contribution < -0.4 is 10.1 Å². The monoisotopic (exact) mass is 481 g/mol. The summed E-state index contributed by atoms with van der Waals surface area (Å²) in [5.74, 6) is -1.27. The number of rotatable bonds is 13. The van der Waals surface area contributed by atoms with Gasteiger partial charge in [0.25, 0.3) is 0 Å². The summed E-state index contributed by atoms with van der Waals surface area (Å²) in [5, 5.41) is 11.8. The molecule has 3 aromatic carbocycles. The summed E-state index contributed by atoms with van der Waals surface area (Å²) in [6.07, 6.45) is 2.47. The van der Waals surface area contributed by atoms with Crippen LogP contribution in [-0.2, 0) is 11.3 Å². The average Bonchev–Trinajstić information content (AvgIpc) is 2.82. The second-order valence-corrected chi connectivity index (χ2v) is 8.87. The molecule has 0 bridgehead atoms. The van der Waals surface area contributed by atoms with Crippen LogP contribution in [0, 0.1) is 25.5 Å². The Morgan fingerprint density at radius 1 is 0.971 bits per heavy atom. The van der Waals surface area contributed by atoms with Crippen LogP contribution in [0.25, 0.3) is 0 Å². The van der Waals surface area contributed by atoms with Gasteiger partial charge < -0.3 is 15.2 Å². The van der Waals surface area contributed by atoms with E-state index >= 15 is 0 Å². The molecule has 1 atom stereocenters. The van der Waals surface area contributed by atoms with Crippen molar-refractivity contribution >= 4 is 5.97 Å². The number of carbonyl (C=O) groups is 1. The molecule has 6 heteroatoms. The Hall–Kier alpha value is -3.25. The molecule has 3 aromatic rings. The van der Waals surface area contributed by atoms with E-state index in [1.54, 1.807) is 6.07 Å². The Bertz CT molecular complexity index is 1120. The van der Waals surface area contributed by atoms with Crippen LogP contribution in [-0.4, -0.2) is 24.2 Å². The number of aryl methyl sites for hydroxylation is 2. The van der Waals surface area contributed by atoms with Crippen molar-refractivity contribution in [2.45, 2.75) is 52.0 Å². The highest BCUT2D eigenvalue weighted by Crippen LogP contribution is 2.33. The normalized spacial score (nSPS) is 11.9. The molecule has 0 aliphatic carbocycles. The number of hydrogen-bond donors (Lipinski definition) is 2. The molecule has 1 unspecified atom stereocenters. The summed E-state index contributed by atoms with van der Waals surface area (Å²) >= 11 is 0. The van der Waals surface area contributed by atoms with Gasteiger partial charge in [0.2, 0.25) is 0 Å². The molecule has 0 aliphatic rings. The quantitative estimate of drug-likeness (QED) is 0.273. The van der Waals surface area contributed by atoms with Gasteiger partial charge in [0, 0.05) is 25.1 Å². The predicted molar refractivity (Wildman–Crippen MR) is 134 cm³/mol. The zero-order valence-electron chi connectivity index (χ0n) is 20.3. The van der Waals surface area contributed by atoms with Crippen LogP contribution in [0.4, 0.5) is 8.78 Å². The minimum absolute atomic E-state index is 0.0966. The molecule has 0 fully saturated rings. The highest BCUT2D eigenvalue weighted by molar-refractivity contribution is 5.66. The van der Waals surface area contributed by atoms with Crippen molar-refractivity contribution in [1.82, 2.24) is 5.32 Å². The van der Waals surface area contributed by atoms with Gasteiger partial charge in [0.05, 0.1) is 13.0 Å². The van der Waals surface area contributed by atoms with Crippen LogP contribution in [0.3, 0.4) is 0 Å². The van der Waals surface area contributed by atoms with Gasteiger partial charge in [0.15, 0.2) is 0 Å². The van der Waals surface area contributed by atoms with E-state index in [1.165, 1.54) is 11.6 Å². The fourth-order valence-electron chi connectivity index (χ4n) is 4.04. The molecule has 4 nitrogen and oxygen atoms in total. The average molecular weight is 482 g/mol. The number of hydrogen-bond acceptors (Lipinski definition) is 3. The summed E-state index contributed by atoms with van der Waals surface area (Å²) in [6, 6.07) is 17.7. The Balaban J connectivity index is 1.52. The molecule has 0 saturated carbocycles. The first-order valence-electron chi connectivity index (χ1n) is 12.0. The zero-order valence-corrected chi connectivity index (χ0v) is 20.3. The maximum Gasteiger partial charge on any atom is 0.304 e. The third-order valence-electron chi connectivity index (χ3n) is 6.20. The lowest BCUT2D eigenvalue weighted by Crippen LogP contribution is -2.17. The highest BCUT2D eigenvalue weighted by atomic mass is 19.1. The van der Waals surface area contributed by atoms with Gasteiger partial charge in [-0.05, 0) is 79.1 Å². The molecule has 0 aliphatic heterocycles. The maximum atomic E-state index is 14.6. The topological polar surface area (TPSA) is 58.6 Å². The lowest BCUT2D eigenvalue weighted by molar-refractivity contribution is -0.136. The van der Waals surface area contributed by atoms with E-state index in [0.29, 0.717) is 25.3 Å². The van der Waals surface area contributed by atoms with Gasteiger partial charge >= 0.3 is 5.97 Å². The number of halogens is 2. The van der Waals surface area contributed by atoms with Crippen molar-refractivity contribution in [3.8, 4) is 5.75 Å². The molecular weight excluding hydrogens is 448 g/mol. The third kappa shape index (κ3) is 8.18. The van der Waals surface area contributed by atoms with E-state index in [-0.39, 0.29) is 12.3 Å². The van der Waals surface area contributed by atoms with E-state index in [4.69, 9.17) is 9.84 Å². The molecule has 0 radical (unpaired) electrons. The molecule has 0 heterocycles. The van der Waals surface area contributed by atoms with Gasteiger partial charge in [-0.2, -0.15) is 0 Å². The molecule has 186 valence electrons. The molecule has 3 rings (SSSR count). The Kier molecular flexibility index (Phi) is 9.79. The summed E-state index contributed by atoms with van der Waals surface area (Å²) in [6.45, 7) is 5.67. The number of ether oxygens (including phenoxy) is 1. The number of carboxylic acids is 1. The standard InChI is InChI=1S/C29H33F2NO3/c1-20-6-9-23(17-21(20)2)26(27-13-10-24(30)18-28(27)31)5-3-4-16-35-25-11-7-22(8-12-25)19-32-15-14-29(33)34/h6-13,17-18,26,32H,3-5,14-16,19H2,1-2H3,(H,33,34).